The molecule has 0 amide bonds. The van der Waals surface area contributed by atoms with Gasteiger partial charge in [-0.05, 0) is 25.1 Å². The summed E-state index contributed by atoms with van der Waals surface area (Å²) in [5.74, 6) is -0.648. The highest BCUT2D eigenvalue weighted by Crippen LogP contribution is 2.06. The summed E-state index contributed by atoms with van der Waals surface area (Å²) in [7, 11) is 1.33. The number of nitrogens with zero attached hydrogens (tertiary/aromatic N) is 1. The molecule has 0 spiro atoms. The minimum absolute atomic E-state index is 0.189. The standard InChI is InChI=1S/C11H12FNO2/c1-8-10(12)7-6-9(13-8)4-3-5-11(14)15-2/h3-4,6-7H,5H2,1-2H3. The summed E-state index contributed by atoms with van der Waals surface area (Å²) in [5, 5.41) is 0. The van der Waals surface area contributed by atoms with Gasteiger partial charge in [-0.3, -0.25) is 9.78 Å². The Labute approximate surface area is 87.6 Å². The van der Waals surface area contributed by atoms with Crippen molar-refractivity contribution in [3.8, 4) is 0 Å². The van der Waals surface area contributed by atoms with Gasteiger partial charge in [0.05, 0.1) is 24.9 Å². The normalized spacial score (nSPS) is 10.6. The van der Waals surface area contributed by atoms with Gasteiger partial charge in [0.1, 0.15) is 5.82 Å². The van der Waals surface area contributed by atoms with E-state index in [-0.39, 0.29) is 18.2 Å². The van der Waals surface area contributed by atoms with Crippen LogP contribution < -0.4 is 0 Å². The molecular formula is C11H12FNO2. The van der Waals surface area contributed by atoms with E-state index in [4.69, 9.17) is 0 Å². The fraction of sp³-hybridized carbons (Fsp3) is 0.273. The molecule has 80 valence electrons. The molecule has 0 radical (unpaired) electrons. The molecule has 0 saturated heterocycles. The summed E-state index contributed by atoms with van der Waals surface area (Å²) in [6.45, 7) is 1.59. The number of aryl methyl sites for hydroxylation is 1. The zero-order chi connectivity index (χ0) is 11.3. The molecule has 0 fully saturated rings. The molecule has 0 aliphatic carbocycles. The Morgan fingerprint density at radius 1 is 1.60 bits per heavy atom. The first-order valence-corrected chi connectivity index (χ1v) is 4.50. The summed E-state index contributed by atoms with van der Waals surface area (Å²) in [6, 6.07) is 2.90. The second-order valence-electron chi connectivity index (χ2n) is 2.99. The Hall–Kier alpha value is -1.71. The third kappa shape index (κ3) is 3.50. The van der Waals surface area contributed by atoms with E-state index in [2.05, 4.69) is 9.72 Å². The van der Waals surface area contributed by atoms with E-state index in [9.17, 15) is 9.18 Å². The van der Waals surface area contributed by atoms with Gasteiger partial charge in [-0.25, -0.2) is 4.39 Å². The van der Waals surface area contributed by atoms with E-state index >= 15 is 0 Å². The first-order chi connectivity index (χ1) is 7.13. The predicted octanol–water partition coefficient (Wildman–Crippen LogP) is 2.11. The first-order valence-electron chi connectivity index (χ1n) is 4.50. The Balaban J connectivity index is 2.65. The molecule has 1 aromatic rings. The number of aromatic nitrogens is 1. The highest BCUT2D eigenvalue weighted by atomic mass is 19.1. The van der Waals surface area contributed by atoms with E-state index in [0.29, 0.717) is 11.4 Å². The Kier molecular flexibility index (Phi) is 3.97. The van der Waals surface area contributed by atoms with Crippen molar-refractivity contribution in [3.05, 3.63) is 35.4 Å². The van der Waals surface area contributed by atoms with Crippen LogP contribution in [0, 0.1) is 12.7 Å². The zero-order valence-corrected chi connectivity index (χ0v) is 8.66. The van der Waals surface area contributed by atoms with Crippen molar-refractivity contribution in [2.24, 2.45) is 0 Å². The average Bonchev–Trinajstić information content (AvgIpc) is 2.23. The molecule has 1 rings (SSSR count). The molecule has 0 aliphatic heterocycles. The van der Waals surface area contributed by atoms with Crippen LogP contribution in [0.3, 0.4) is 0 Å². The molecule has 0 atom stereocenters. The van der Waals surface area contributed by atoms with Crippen molar-refractivity contribution in [3.63, 3.8) is 0 Å². The van der Waals surface area contributed by atoms with Crippen LogP contribution in [-0.4, -0.2) is 18.1 Å². The van der Waals surface area contributed by atoms with Gasteiger partial charge in [0.15, 0.2) is 0 Å². The van der Waals surface area contributed by atoms with Gasteiger partial charge in [0.2, 0.25) is 0 Å². The molecular weight excluding hydrogens is 197 g/mol. The fourth-order valence-corrected chi connectivity index (χ4v) is 1.02. The van der Waals surface area contributed by atoms with Crippen molar-refractivity contribution in [1.82, 2.24) is 4.98 Å². The zero-order valence-electron chi connectivity index (χ0n) is 8.66. The Morgan fingerprint density at radius 3 is 2.93 bits per heavy atom. The van der Waals surface area contributed by atoms with Crippen LogP contribution in [0.25, 0.3) is 6.08 Å². The first kappa shape index (κ1) is 11.4. The maximum atomic E-state index is 12.8. The second-order valence-corrected chi connectivity index (χ2v) is 2.99. The number of esters is 1. The predicted molar refractivity (Wildman–Crippen MR) is 54.6 cm³/mol. The van der Waals surface area contributed by atoms with E-state index in [1.807, 2.05) is 0 Å². The number of methoxy groups -OCH3 is 1. The molecule has 0 bridgehead atoms. The van der Waals surface area contributed by atoms with Crippen LogP contribution in [0.1, 0.15) is 17.8 Å². The molecule has 1 heterocycles. The van der Waals surface area contributed by atoms with E-state index in [1.165, 1.54) is 13.2 Å². The molecule has 0 N–H and O–H groups in total. The monoisotopic (exact) mass is 209 g/mol. The van der Waals surface area contributed by atoms with Gasteiger partial charge < -0.3 is 4.74 Å². The minimum Gasteiger partial charge on any atom is -0.469 e. The van der Waals surface area contributed by atoms with Crippen LogP contribution in [0.15, 0.2) is 18.2 Å². The minimum atomic E-state index is -0.333. The van der Waals surface area contributed by atoms with Gasteiger partial charge in [0.25, 0.3) is 0 Å². The summed E-state index contributed by atoms with van der Waals surface area (Å²) in [6.07, 6.45) is 3.48. The summed E-state index contributed by atoms with van der Waals surface area (Å²) >= 11 is 0. The van der Waals surface area contributed by atoms with Crippen LogP contribution in [0.4, 0.5) is 4.39 Å². The van der Waals surface area contributed by atoms with Crippen LogP contribution >= 0.6 is 0 Å². The SMILES string of the molecule is COC(=O)CC=Cc1ccc(F)c(C)n1. The van der Waals surface area contributed by atoms with Gasteiger partial charge in [0, 0.05) is 0 Å². The number of ether oxygens (including phenoxy) is 1. The molecule has 3 nitrogen and oxygen atoms in total. The lowest BCUT2D eigenvalue weighted by molar-refractivity contribution is -0.139. The third-order valence-corrected chi connectivity index (χ3v) is 1.84. The van der Waals surface area contributed by atoms with Crippen molar-refractivity contribution in [1.29, 1.82) is 0 Å². The lowest BCUT2D eigenvalue weighted by Gasteiger charge is -1.97. The number of carbonyl (C=O) groups is 1. The van der Waals surface area contributed by atoms with Gasteiger partial charge in [-0.1, -0.05) is 6.08 Å². The number of halogens is 1. The smallest absolute Gasteiger partial charge is 0.309 e. The number of pyridine rings is 1. The topological polar surface area (TPSA) is 39.2 Å². The van der Waals surface area contributed by atoms with Gasteiger partial charge in [-0.2, -0.15) is 0 Å². The molecule has 0 saturated carbocycles. The lowest BCUT2D eigenvalue weighted by atomic mass is 10.2. The van der Waals surface area contributed by atoms with Crippen molar-refractivity contribution >= 4 is 12.0 Å². The highest BCUT2D eigenvalue weighted by Gasteiger charge is 1.98. The third-order valence-electron chi connectivity index (χ3n) is 1.84. The van der Waals surface area contributed by atoms with E-state index < -0.39 is 0 Å². The number of carbonyl (C=O) groups excluding carboxylic acids is 1. The van der Waals surface area contributed by atoms with E-state index in [0.717, 1.165) is 0 Å². The highest BCUT2D eigenvalue weighted by molar-refractivity contribution is 5.72. The van der Waals surface area contributed by atoms with Crippen LogP contribution in [0.5, 0.6) is 0 Å². The average molecular weight is 209 g/mol. The maximum absolute atomic E-state index is 12.8. The Bertz CT molecular complexity index is 388. The van der Waals surface area contributed by atoms with E-state index in [1.54, 1.807) is 25.1 Å². The Morgan fingerprint density at radius 2 is 2.33 bits per heavy atom. The molecule has 4 heteroatoms. The van der Waals surface area contributed by atoms with Crippen molar-refractivity contribution in [2.75, 3.05) is 7.11 Å². The van der Waals surface area contributed by atoms with Gasteiger partial charge >= 0.3 is 5.97 Å². The largest absolute Gasteiger partial charge is 0.469 e. The maximum Gasteiger partial charge on any atom is 0.309 e. The fourth-order valence-electron chi connectivity index (χ4n) is 1.02. The molecule has 0 aromatic carbocycles. The van der Waals surface area contributed by atoms with Crippen molar-refractivity contribution < 1.29 is 13.9 Å². The second kappa shape index (κ2) is 5.24. The summed E-state index contributed by atoms with van der Waals surface area (Å²) in [5.41, 5.74) is 0.966. The quantitative estimate of drug-likeness (QED) is 0.715. The van der Waals surface area contributed by atoms with Crippen LogP contribution in [0.2, 0.25) is 0 Å². The number of hydrogen-bond donors (Lipinski definition) is 0. The van der Waals surface area contributed by atoms with Gasteiger partial charge in [-0.15, -0.1) is 0 Å². The van der Waals surface area contributed by atoms with Crippen LogP contribution in [-0.2, 0) is 9.53 Å². The molecule has 15 heavy (non-hydrogen) atoms. The molecule has 0 aliphatic rings. The molecule has 1 aromatic heterocycles. The van der Waals surface area contributed by atoms with Crippen molar-refractivity contribution in [2.45, 2.75) is 13.3 Å². The molecule has 0 unspecified atom stereocenters. The summed E-state index contributed by atoms with van der Waals surface area (Å²) < 4.78 is 17.3. The number of hydrogen-bond acceptors (Lipinski definition) is 3. The lowest BCUT2D eigenvalue weighted by Crippen LogP contribution is -1.96. The number of rotatable bonds is 3. The summed E-state index contributed by atoms with van der Waals surface area (Å²) in [4.78, 5) is 14.8.